The average Bonchev–Trinajstić information content (AvgIpc) is 4.19. The first kappa shape index (κ1) is 57.0. The van der Waals surface area contributed by atoms with Crippen LogP contribution in [0.15, 0.2) is 0 Å². The molecule has 3 aliphatic carbocycles. The largest absolute Gasteiger partial charge is 0.391 e. The van der Waals surface area contributed by atoms with Gasteiger partial charge < -0.3 is 46.6 Å². The second-order valence-corrected chi connectivity index (χ2v) is 27.5. The Morgan fingerprint density at radius 2 is 1.46 bits per heavy atom. The predicted octanol–water partition coefficient (Wildman–Crippen LogP) is 1.70. The predicted molar refractivity (Wildman–Crippen MR) is 278 cm³/mol. The number of hydrogen-bond acceptors (Lipinski definition) is 14. The number of likely N-dealkylation sites (tertiary alicyclic amines) is 1. The number of aliphatic hydroxyl groups is 1. The molecule has 0 bridgehead atoms. The van der Waals surface area contributed by atoms with Gasteiger partial charge in [-0.15, -0.1) is 23.5 Å². The van der Waals surface area contributed by atoms with Crippen molar-refractivity contribution in [1.82, 2.24) is 46.4 Å². The molecule has 408 valence electrons. The highest BCUT2D eigenvalue weighted by molar-refractivity contribution is 8.00. The SMILES string of the molecule is CC1NCSC1C1CCC(CNC(=O)[C@@H]2C[C@@H](O)CN2C(=O)[C@@H](NC(=O)COCC(=O)NCC2CCCC(C3CCCC(C4CSC(NC(=O)CNC(=O)C5CCN(S(C)(=O)=O)C5)N4)C3)C2)C(C)(C)C)CC1. The van der Waals surface area contributed by atoms with E-state index in [-0.39, 0.29) is 67.8 Å². The molecule has 0 radical (unpaired) electrons. The van der Waals surface area contributed by atoms with E-state index in [0.717, 1.165) is 82.1 Å². The molecule has 19 nitrogen and oxygen atoms in total. The first-order valence-electron chi connectivity index (χ1n) is 26.9. The highest BCUT2D eigenvalue weighted by atomic mass is 32.2. The number of nitrogens with one attached hydrogen (secondary N) is 7. The van der Waals surface area contributed by atoms with Crippen molar-refractivity contribution >= 4 is 69.0 Å². The van der Waals surface area contributed by atoms with E-state index in [4.69, 9.17) is 4.74 Å². The smallest absolute Gasteiger partial charge is 0.246 e. The molecule has 72 heavy (non-hydrogen) atoms. The lowest BCUT2D eigenvalue weighted by Crippen LogP contribution is -2.58. The molecular formula is C50H85N9O10S3. The van der Waals surface area contributed by atoms with E-state index in [1.165, 1.54) is 22.0 Å². The Morgan fingerprint density at radius 1 is 0.764 bits per heavy atom. The van der Waals surface area contributed by atoms with Crippen molar-refractivity contribution in [2.75, 3.05) is 70.4 Å². The van der Waals surface area contributed by atoms with E-state index in [9.17, 15) is 42.3 Å². The monoisotopic (exact) mass is 1070 g/mol. The summed E-state index contributed by atoms with van der Waals surface area (Å²) in [6, 6.07) is -1.03. The summed E-state index contributed by atoms with van der Waals surface area (Å²) in [5.41, 5.74) is -0.961. The van der Waals surface area contributed by atoms with Crippen molar-refractivity contribution in [1.29, 1.82) is 0 Å². The van der Waals surface area contributed by atoms with Gasteiger partial charge in [-0.3, -0.25) is 34.1 Å². The van der Waals surface area contributed by atoms with Gasteiger partial charge >= 0.3 is 0 Å². The molecule has 0 spiro atoms. The Balaban J connectivity index is 0.775. The van der Waals surface area contributed by atoms with E-state index in [1.54, 1.807) is 11.8 Å². The van der Waals surface area contributed by atoms with Gasteiger partial charge in [-0.2, -0.15) is 0 Å². The Kier molecular flexibility index (Phi) is 20.5. The van der Waals surface area contributed by atoms with Crippen LogP contribution in [0.5, 0.6) is 0 Å². The Morgan fingerprint density at radius 3 is 2.15 bits per heavy atom. The molecule has 9 unspecified atom stereocenters. The molecule has 12 atom stereocenters. The van der Waals surface area contributed by atoms with E-state index in [0.29, 0.717) is 72.9 Å². The van der Waals surface area contributed by atoms with Crippen LogP contribution in [0.2, 0.25) is 0 Å². The molecule has 7 fully saturated rings. The fraction of sp³-hybridized carbons (Fsp3) is 0.880. The third kappa shape index (κ3) is 15.9. The van der Waals surface area contributed by atoms with Gasteiger partial charge in [0.05, 0.1) is 24.8 Å². The first-order chi connectivity index (χ1) is 34.2. The molecular weight excluding hydrogens is 983 g/mol. The van der Waals surface area contributed by atoms with Crippen molar-refractivity contribution in [2.24, 2.45) is 46.8 Å². The number of thioether (sulfide) groups is 2. The summed E-state index contributed by atoms with van der Waals surface area (Å²) in [4.78, 5) is 80.6. The summed E-state index contributed by atoms with van der Waals surface area (Å²) in [5.74, 6) is 2.35. The van der Waals surface area contributed by atoms with Crippen LogP contribution < -0.4 is 37.2 Å². The van der Waals surface area contributed by atoms with Crippen LogP contribution in [0.1, 0.15) is 118 Å². The number of hydrogen-bond donors (Lipinski definition) is 8. The van der Waals surface area contributed by atoms with Crippen LogP contribution >= 0.6 is 23.5 Å². The lowest BCUT2D eigenvalue weighted by molar-refractivity contribution is -0.145. The molecule has 0 aromatic heterocycles. The summed E-state index contributed by atoms with van der Waals surface area (Å²) in [6.45, 7) is 8.42. The fourth-order valence-electron chi connectivity index (χ4n) is 12.6. The molecule has 0 aromatic carbocycles. The molecule has 7 aliphatic rings. The van der Waals surface area contributed by atoms with Gasteiger partial charge in [0.2, 0.25) is 45.5 Å². The molecule has 8 N–H and O–H groups in total. The minimum atomic E-state index is -3.35. The molecule has 6 amide bonds. The number of carbonyl (C=O) groups excluding carboxylic acids is 6. The number of aliphatic hydroxyl groups excluding tert-OH is 1. The summed E-state index contributed by atoms with van der Waals surface area (Å²) in [5, 5.41) is 33.1. The van der Waals surface area contributed by atoms with Crippen LogP contribution in [-0.4, -0.2) is 170 Å². The minimum absolute atomic E-state index is 0.00162. The van der Waals surface area contributed by atoms with Gasteiger partial charge in [-0.1, -0.05) is 46.5 Å². The molecule has 7 rings (SSSR count). The lowest BCUT2D eigenvalue weighted by atomic mass is 9.67. The number of carbonyl (C=O) groups is 6. The summed E-state index contributed by atoms with van der Waals surface area (Å²) >= 11 is 3.68. The third-order valence-electron chi connectivity index (χ3n) is 16.8. The van der Waals surface area contributed by atoms with Crippen molar-refractivity contribution in [3.05, 3.63) is 0 Å². The maximum Gasteiger partial charge on any atom is 0.246 e. The van der Waals surface area contributed by atoms with Gasteiger partial charge in [0, 0.05) is 68.1 Å². The zero-order chi connectivity index (χ0) is 51.7. The normalized spacial score (nSPS) is 34.0. The van der Waals surface area contributed by atoms with Gasteiger partial charge in [-0.05, 0) is 106 Å². The van der Waals surface area contributed by atoms with Crippen molar-refractivity contribution < 1.29 is 47.0 Å². The van der Waals surface area contributed by atoms with Crippen molar-refractivity contribution in [3.8, 4) is 0 Å². The first-order valence-corrected chi connectivity index (χ1v) is 30.8. The van der Waals surface area contributed by atoms with Crippen LogP contribution in [0, 0.1) is 46.8 Å². The van der Waals surface area contributed by atoms with Crippen LogP contribution in [-0.2, 0) is 43.5 Å². The maximum atomic E-state index is 14.1. The zero-order valence-corrected chi connectivity index (χ0v) is 45.7. The number of rotatable bonds is 19. The number of amides is 6. The van der Waals surface area contributed by atoms with E-state index < -0.39 is 58.0 Å². The molecule has 4 heterocycles. The van der Waals surface area contributed by atoms with Crippen molar-refractivity contribution in [2.45, 2.75) is 159 Å². The second-order valence-electron chi connectivity index (χ2n) is 23.2. The molecule has 0 aromatic rings. The quantitative estimate of drug-likeness (QED) is 0.0917. The topological polar surface area (TPSA) is 257 Å². The van der Waals surface area contributed by atoms with Gasteiger partial charge in [-0.25, -0.2) is 12.7 Å². The summed E-state index contributed by atoms with van der Waals surface area (Å²) < 4.78 is 30.5. The summed E-state index contributed by atoms with van der Waals surface area (Å²) in [7, 11) is -3.35. The van der Waals surface area contributed by atoms with Crippen LogP contribution in [0.3, 0.4) is 0 Å². The molecule has 4 aliphatic heterocycles. The van der Waals surface area contributed by atoms with Crippen LogP contribution in [0.25, 0.3) is 0 Å². The summed E-state index contributed by atoms with van der Waals surface area (Å²) in [6.07, 6.45) is 14.2. The average molecular weight is 1070 g/mol. The lowest BCUT2D eigenvalue weighted by Gasteiger charge is -2.40. The third-order valence-corrected chi connectivity index (χ3v) is 20.7. The number of β-amino-alcohol motifs (C(OH)–C–C–N with tert-alkyl or cyclic N) is 1. The van der Waals surface area contributed by atoms with E-state index in [1.807, 2.05) is 32.5 Å². The van der Waals surface area contributed by atoms with Crippen molar-refractivity contribution in [3.63, 3.8) is 0 Å². The van der Waals surface area contributed by atoms with Crippen LogP contribution in [0.4, 0.5) is 0 Å². The standard InChI is InChI=1S/C50H85N9O10S3/c1-30-44(71-29-54-30)33-14-12-31(13-15-33)21-52-47(65)40-20-38(60)25-59(40)48(66)45(50(2,3)4)56-43(63)27-69-26-42(62)51-22-32-8-6-9-34(18-32)35-10-7-11-36(19-35)39-28-70-49(55-39)57-41(61)23-53-46(64)37-16-17-58(24-37)72(5,67)68/h30-40,44-45,49,54-55,60H,6-29H2,1-5H3,(H,51,62)(H,52,65)(H,53,64)(H,56,63)(H,57,61)/t30?,31?,32?,33?,34?,35?,36?,37?,38-,39?,40+,44?,45-,49?/m1/s1. The van der Waals surface area contributed by atoms with Gasteiger partial charge in [0.15, 0.2) is 0 Å². The number of ether oxygens (including phenoxy) is 1. The number of sulfonamides is 1. The minimum Gasteiger partial charge on any atom is -0.391 e. The van der Waals surface area contributed by atoms with E-state index >= 15 is 0 Å². The Labute approximate surface area is 436 Å². The number of nitrogens with zero attached hydrogens (tertiary/aromatic N) is 2. The Hall–Kier alpha value is -2.73. The fourth-order valence-corrected chi connectivity index (χ4v) is 16.3. The van der Waals surface area contributed by atoms with E-state index in [2.05, 4.69) is 44.1 Å². The molecule has 4 saturated heterocycles. The van der Waals surface area contributed by atoms with Gasteiger partial charge in [0.25, 0.3) is 0 Å². The second kappa shape index (κ2) is 25.9. The highest BCUT2D eigenvalue weighted by Crippen LogP contribution is 2.44. The zero-order valence-electron chi connectivity index (χ0n) is 43.3. The maximum absolute atomic E-state index is 14.1. The van der Waals surface area contributed by atoms with Gasteiger partial charge in [0.1, 0.15) is 30.8 Å². The highest BCUT2D eigenvalue weighted by Gasteiger charge is 2.45. The molecule has 22 heteroatoms. The molecule has 3 saturated carbocycles. The Bertz CT molecular complexity index is 2010.